The average Bonchev–Trinajstić information content (AvgIpc) is 2.45. The zero-order valence-corrected chi connectivity index (χ0v) is 11.9. The Morgan fingerprint density at radius 1 is 1.14 bits per heavy atom. The van der Waals surface area contributed by atoms with Crippen molar-refractivity contribution in [3.8, 4) is 11.5 Å². The molecule has 0 aliphatic rings. The first-order chi connectivity index (χ1) is 10.1. The van der Waals surface area contributed by atoms with E-state index < -0.39 is 11.6 Å². The number of ether oxygens (including phenoxy) is 1. The van der Waals surface area contributed by atoms with E-state index in [0.717, 1.165) is 43.4 Å². The summed E-state index contributed by atoms with van der Waals surface area (Å²) >= 11 is 0. The zero-order valence-electron chi connectivity index (χ0n) is 11.9. The van der Waals surface area contributed by atoms with Crippen LogP contribution >= 0.6 is 0 Å². The van der Waals surface area contributed by atoms with Crippen LogP contribution in [-0.2, 0) is 6.42 Å². The third kappa shape index (κ3) is 4.15. The number of hydrogen-bond acceptors (Lipinski definition) is 3. The van der Waals surface area contributed by atoms with E-state index >= 15 is 0 Å². The molecule has 0 bridgehead atoms. The summed E-state index contributed by atoms with van der Waals surface area (Å²) in [6.07, 6.45) is 5.87. The van der Waals surface area contributed by atoms with Crippen molar-refractivity contribution in [2.75, 3.05) is 5.73 Å². The molecule has 1 heterocycles. The van der Waals surface area contributed by atoms with E-state index in [1.807, 2.05) is 0 Å². The summed E-state index contributed by atoms with van der Waals surface area (Å²) < 4.78 is 31.9. The van der Waals surface area contributed by atoms with Gasteiger partial charge in [-0.3, -0.25) is 0 Å². The molecule has 0 aliphatic carbocycles. The van der Waals surface area contributed by atoms with E-state index in [1.54, 1.807) is 12.3 Å². The molecule has 0 atom stereocenters. The number of aryl methyl sites for hydroxylation is 1. The molecule has 0 aliphatic heterocycles. The number of nitrogens with two attached hydrogens (primary N) is 1. The molecule has 1 aromatic carbocycles. The van der Waals surface area contributed by atoms with E-state index in [9.17, 15) is 8.78 Å². The Labute approximate surface area is 122 Å². The highest BCUT2D eigenvalue weighted by Gasteiger charge is 2.10. The maximum atomic E-state index is 13.6. The van der Waals surface area contributed by atoms with Gasteiger partial charge in [-0.15, -0.1) is 0 Å². The summed E-state index contributed by atoms with van der Waals surface area (Å²) in [4.78, 5) is 4.06. The molecule has 2 aromatic rings. The van der Waals surface area contributed by atoms with Crippen molar-refractivity contribution in [3.63, 3.8) is 0 Å². The third-order valence-electron chi connectivity index (χ3n) is 3.12. The predicted molar refractivity (Wildman–Crippen MR) is 78.3 cm³/mol. The molecule has 3 nitrogen and oxygen atoms in total. The van der Waals surface area contributed by atoms with Crippen molar-refractivity contribution in [2.24, 2.45) is 0 Å². The van der Waals surface area contributed by atoms with Gasteiger partial charge in [-0.2, -0.15) is 0 Å². The number of benzene rings is 1. The Hall–Kier alpha value is -2.17. The van der Waals surface area contributed by atoms with Gasteiger partial charge in [-0.05, 0) is 36.6 Å². The highest BCUT2D eigenvalue weighted by molar-refractivity contribution is 5.49. The molecule has 0 saturated carbocycles. The minimum absolute atomic E-state index is 0.0735. The van der Waals surface area contributed by atoms with Crippen LogP contribution in [0.1, 0.15) is 31.7 Å². The van der Waals surface area contributed by atoms with Gasteiger partial charge in [-0.1, -0.05) is 19.8 Å². The number of anilines is 1. The lowest BCUT2D eigenvalue weighted by molar-refractivity contribution is 0.437. The number of aromatic nitrogens is 1. The fourth-order valence-corrected chi connectivity index (χ4v) is 1.97. The fourth-order valence-electron chi connectivity index (χ4n) is 1.97. The monoisotopic (exact) mass is 292 g/mol. The van der Waals surface area contributed by atoms with Gasteiger partial charge >= 0.3 is 0 Å². The molecule has 1 aromatic heterocycles. The van der Waals surface area contributed by atoms with Gasteiger partial charge in [0, 0.05) is 12.3 Å². The number of nitrogens with zero attached hydrogens (tertiary/aromatic N) is 1. The van der Waals surface area contributed by atoms with Crippen LogP contribution in [0.25, 0.3) is 0 Å². The molecule has 5 heteroatoms. The molecular formula is C16H18F2N2O. The summed E-state index contributed by atoms with van der Waals surface area (Å²) in [7, 11) is 0. The van der Waals surface area contributed by atoms with E-state index in [1.165, 1.54) is 6.07 Å². The molecule has 0 fully saturated rings. The summed E-state index contributed by atoms with van der Waals surface area (Å²) in [6, 6.07) is 4.88. The normalized spacial score (nSPS) is 10.6. The lowest BCUT2D eigenvalue weighted by Gasteiger charge is -2.10. The van der Waals surface area contributed by atoms with Gasteiger partial charge in [0.15, 0.2) is 23.1 Å². The van der Waals surface area contributed by atoms with E-state index in [-0.39, 0.29) is 17.3 Å². The first kappa shape index (κ1) is 15.2. The van der Waals surface area contributed by atoms with Gasteiger partial charge < -0.3 is 10.5 Å². The Morgan fingerprint density at radius 2 is 1.95 bits per heavy atom. The lowest BCUT2D eigenvalue weighted by atomic mass is 10.1. The van der Waals surface area contributed by atoms with Crippen molar-refractivity contribution in [2.45, 2.75) is 32.6 Å². The molecule has 2 N–H and O–H groups in total. The second-order valence-corrected chi connectivity index (χ2v) is 4.86. The molecule has 0 amide bonds. The van der Waals surface area contributed by atoms with E-state index in [2.05, 4.69) is 11.9 Å². The standard InChI is InChI=1S/C16H18F2N2O/c1-2-3-4-5-11-8-15(16(19)20-10-11)21-14-7-6-12(17)9-13(14)18/h6-10H,2-5H2,1H3,(H2,19,20). The van der Waals surface area contributed by atoms with Crippen molar-refractivity contribution in [1.82, 2.24) is 4.98 Å². The van der Waals surface area contributed by atoms with Crippen LogP contribution in [0.3, 0.4) is 0 Å². The highest BCUT2D eigenvalue weighted by Crippen LogP contribution is 2.29. The largest absolute Gasteiger partial charge is 0.450 e. The van der Waals surface area contributed by atoms with Crippen LogP contribution in [0.2, 0.25) is 0 Å². The van der Waals surface area contributed by atoms with Crippen molar-refractivity contribution >= 4 is 5.82 Å². The topological polar surface area (TPSA) is 48.1 Å². The van der Waals surface area contributed by atoms with E-state index in [0.29, 0.717) is 0 Å². The molecular weight excluding hydrogens is 274 g/mol. The van der Waals surface area contributed by atoms with Crippen LogP contribution in [-0.4, -0.2) is 4.98 Å². The Kier molecular flexibility index (Phi) is 5.09. The number of hydrogen-bond donors (Lipinski definition) is 1. The van der Waals surface area contributed by atoms with Gasteiger partial charge in [0.05, 0.1) is 0 Å². The molecule has 0 radical (unpaired) electrons. The van der Waals surface area contributed by atoms with Crippen molar-refractivity contribution < 1.29 is 13.5 Å². The van der Waals surface area contributed by atoms with Crippen LogP contribution in [0.4, 0.5) is 14.6 Å². The Balaban J connectivity index is 2.16. The third-order valence-corrected chi connectivity index (χ3v) is 3.12. The summed E-state index contributed by atoms with van der Waals surface area (Å²) in [5, 5.41) is 0. The smallest absolute Gasteiger partial charge is 0.169 e. The van der Waals surface area contributed by atoms with Gasteiger partial charge in [0.2, 0.25) is 0 Å². The van der Waals surface area contributed by atoms with Crippen LogP contribution in [0, 0.1) is 11.6 Å². The number of pyridine rings is 1. The quantitative estimate of drug-likeness (QED) is 0.799. The van der Waals surface area contributed by atoms with Crippen molar-refractivity contribution in [3.05, 3.63) is 47.7 Å². The average molecular weight is 292 g/mol. The number of nitrogen functional groups attached to an aromatic ring is 1. The molecule has 0 unspecified atom stereocenters. The van der Waals surface area contributed by atoms with Crippen LogP contribution < -0.4 is 10.5 Å². The zero-order chi connectivity index (χ0) is 15.2. The van der Waals surface area contributed by atoms with Crippen molar-refractivity contribution in [1.29, 1.82) is 0 Å². The van der Waals surface area contributed by atoms with Gasteiger partial charge in [0.1, 0.15) is 5.82 Å². The maximum absolute atomic E-state index is 13.6. The summed E-state index contributed by atoms with van der Waals surface area (Å²) in [6.45, 7) is 2.13. The SMILES string of the molecule is CCCCCc1cnc(N)c(Oc2ccc(F)cc2F)c1. The molecule has 112 valence electrons. The predicted octanol–water partition coefficient (Wildman–Crippen LogP) is 4.47. The van der Waals surface area contributed by atoms with Gasteiger partial charge in [-0.25, -0.2) is 13.8 Å². The minimum atomic E-state index is -0.772. The Bertz CT molecular complexity index is 617. The summed E-state index contributed by atoms with van der Waals surface area (Å²) in [5.74, 6) is -1.03. The van der Waals surface area contributed by atoms with Crippen LogP contribution in [0.15, 0.2) is 30.5 Å². The minimum Gasteiger partial charge on any atom is -0.450 e. The first-order valence-corrected chi connectivity index (χ1v) is 6.97. The second-order valence-electron chi connectivity index (χ2n) is 4.86. The number of rotatable bonds is 6. The van der Waals surface area contributed by atoms with E-state index in [4.69, 9.17) is 10.5 Å². The maximum Gasteiger partial charge on any atom is 0.169 e. The van der Waals surface area contributed by atoms with Crippen LogP contribution in [0.5, 0.6) is 11.5 Å². The molecule has 0 spiro atoms. The Morgan fingerprint density at radius 3 is 2.67 bits per heavy atom. The highest BCUT2D eigenvalue weighted by atomic mass is 19.1. The molecule has 2 rings (SSSR count). The lowest BCUT2D eigenvalue weighted by Crippen LogP contribution is -1.99. The fraction of sp³-hybridized carbons (Fsp3) is 0.312. The molecule has 0 saturated heterocycles. The second kappa shape index (κ2) is 7.02. The number of unbranched alkanes of at least 4 members (excludes halogenated alkanes) is 2. The summed E-state index contributed by atoms with van der Waals surface area (Å²) in [5.41, 5.74) is 6.72. The number of halogens is 2. The van der Waals surface area contributed by atoms with Gasteiger partial charge in [0.25, 0.3) is 0 Å². The first-order valence-electron chi connectivity index (χ1n) is 6.97. The molecule has 21 heavy (non-hydrogen) atoms.